The van der Waals surface area contributed by atoms with Crippen molar-refractivity contribution in [2.45, 2.75) is 89.1 Å². The van der Waals surface area contributed by atoms with Gasteiger partial charge in [0, 0.05) is 24.0 Å². The van der Waals surface area contributed by atoms with E-state index >= 15 is 0 Å². The molecule has 1 aromatic heterocycles. The number of carbonyl (C=O) groups excluding carboxylic acids is 1. The Morgan fingerprint density at radius 1 is 1.14 bits per heavy atom. The van der Waals surface area contributed by atoms with Gasteiger partial charge in [-0.25, -0.2) is 9.59 Å². The van der Waals surface area contributed by atoms with Crippen LogP contribution in [0.3, 0.4) is 0 Å². The Hall–Kier alpha value is -3.14. The van der Waals surface area contributed by atoms with Crippen molar-refractivity contribution in [3.63, 3.8) is 0 Å². The molecule has 3 amide bonds. The van der Waals surface area contributed by atoms with Crippen LogP contribution in [0.5, 0.6) is 0 Å². The van der Waals surface area contributed by atoms with Gasteiger partial charge in [0.05, 0.1) is 6.04 Å². The summed E-state index contributed by atoms with van der Waals surface area (Å²) in [4.78, 5) is 34.2. The fourth-order valence-corrected chi connectivity index (χ4v) is 5.73. The van der Waals surface area contributed by atoms with E-state index in [2.05, 4.69) is 10.2 Å². The van der Waals surface area contributed by atoms with E-state index in [4.69, 9.17) is 9.25 Å². The van der Waals surface area contributed by atoms with Gasteiger partial charge in [0.1, 0.15) is 12.6 Å². The maximum Gasteiger partial charge on any atom is 0.407 e. The highest BCUT2D eigenvalue weighted by Gasteiger charge is 2.48. The summed E-state index contributed by atoms with van der Waals surface area (Å²) in [7, 11) is 0. The Kier molecular flexibility index (Phi) is 6.16. The number of carboxylic acid groups (broad SMARTS) is 1. The van der Waals surface area contributed by atoms with Crippen LogP contribution in [-0.2, 0) is 11.4 Å². The molecule has 1 saturated carbocycles. The van der Waals surface area contributed by atoms with Crippen molar-refractivity contribution in [3.8, 4) is 0 Å². The van der Waals surface area contributed by atoms with Crippen LogP contribution < -0.4 is 0 Å². The molecule has 2 bridgehead atoms. The number of aromatic nitrogens is 2. The summed E-state index contributed by atoms with van der Waals surface area (Å²) >= 11 is 0. The smallest absolute Gasteiger partial charge is 0.407 e. The predicted octanol–water partition coefficient (Wildman–Crippen LogP) is 4.56. The third-order valence-electron chi connectivity index (χ3n) is 7.33. The first kappa shape index (κ1) is 23.6. The zero-order valence-electron chi connectivity index (χ0n) is 20.5. The van der Waals surface area contributed by atoms with E-state index in [9.17, 15) is 14.7 Å². The molecular weight excluding hydrogens is 450 g/mol. The molecule has 1 aromatic carbocycles. The molecule has 2 saturated heterocycles. The largest absolute Gasteiger partial charge is 0.465 e. The lowest BCUT2D eigenvalue weighted by Crippen LogP contribution is -2.50. The number of hydrogen-bond acceptors (Lipinski definition) is 6. The lowest BCUT2D eigenvalue weighted by atomic mass is 10.0. The predicted molar refractivity (Wildman–Crippen MR) is 125 cm³/mol. The minimum absolute atomic E-state index is 0.0137. The summed E-state index contributed by atoms with van der Waals surface area (Å²) < 4.78 is 6.10. The maximum absolute atomic E-state index is 13.1. The molecule has 2 aliphatic heterocycles. The third-order valence-corrected chi connectivity index (χ3v) is 7.33. The molecule has 2 unspecified atom stereocenters. The molecule has 10 nitrogen and oxygen atoms in total. The van der Waals surface area contributed by atoms with E-state index in [1.807, 2.05) is 51.1 Å². The first-order chi connectivity index (χ1) is 16.7. The highest BCUT2D eigenvalue weighted by molar-refractivity contribution is 5.77. The third kappa shape index (κ3) is 4.59. The number of urea groups is 1. The van der Waals surface area contributed by atoms with Gasteiger partial charge in [0.15, 0.2) is 0 Å². The van der Waals surface area contributed by atoms with Crippen molar-refractivity contribution in [2.75, 3.05) is 6.54 Å². The van der Waals surface area contributed by atoms with E-state index in [1.165, 1.54) is 5.06 Å². The summed E-state index contributed by atoms with van der Waals surface area (Å²) in [6.45, 7) is 6.65. The number of benzene rings is 1. The number of amides is 3. The molecule has 3 aliphatic rings. The van der Waals surface area contributed by atoms with Gasteiger partial charge >= 0.3 is 12.1 Å². The van der Waals surface area contributed by atoms with Crippen molar-refractivity contribution in [3.05, 3.63) is 47.7 Å². The number of hydrogen-bond donors (Lipinski definition) is 1. The molecular formula is C25H33N5O5. The van der Waals surface area contributed by atoms with Crippen molar-refractivity contribution in [1.82, 2.24) is 25.1 Å². The van der Waals surface area contributed by atoms with Gasteiger partial charge in [-0.2, -0.15) is 5.06 Å². The zero-order chi connectivity index (χ0) is 24.7. The number of hydroxylamine groups is 2. The van der Waals surface area contributed by atoms with Crippen LogP contribution in [0.2, 0.25) is 0 Å². The SMILES string of the molecule is CC(C)(C)N(C(=O)O)[C@@H]1CC[C@H](c2nnc(C3CCC4CN3C(=O)N4OCc3ccccc3)o2)C1. The summed E-state index contributed by atoms with van der Waals surface area (Å²) in [5.74, 6) is 1.00. The molecule has 35 heavy (non-hydrogen) atoms. The molecule has 1 N–H and O–H groups in total. The molecule has 10 heteroatoms. The number of carbonyl (C=O) groups is 2. The van der Waals surface area contributed by atoms with Gasteiger partial charge in [-0.05, 0) is 58.4 Å². The normalized spacial score (nSPS) is 26.4. The van der Waals surface area contributed by atoms with Gasteiger partial charge in [0.2, 0.25) is 11.8 Å². The van der Waals surface area contributed by atoms with Gasteiger partial charge < -0.3 is 19.3 Å². The van der Waals surface area contributed by atoms with Gasteiger partial charge in [-0.3, -0.25) is 4.84 Å². The first-order valence-corrected chi connectivity index (χ1v) is 12.3. The molecule has 188 valence electrons. The van der Waals surface area contributed by atoms with Crippen molar-refractivity contribution >= 4 is 12.1 Å². The van der Waals surface area contributed by atoms with Crippen LogP contribution in [0.4, 0.5) is 9.59 Å². The Labute approximate surface area is 204 Å². The van der Waals surface area contributed by atoms with Crippen LogP contribution >= 0.6 is 0 Å². The Balaban J connectivity index is 1.23. The molecule has 5 rings (SSSR count). The number of fused-ring (bicyclic) bond motifs is 2. The fourth-order valence-electron chi connectivity index (χ4n) is 5.73. The van der Waals surface area contributed by atoms with E-state index in [0.717, 1.165) is 31.2 Å². The van der Waals surface area contributed by atoms with Gasteiger partial charge in [0.25, 0.3) is 0 Å². The van der Waals surface area contributed by atoms with Gasteiger partial charge in [-0.1, -0.05) is 30.3 Å². The second-order valence-corrected chi connectivity index (χ2v) is 10.7. The first-order valence-electron chi connectivity index (χ1n) is 12.3. The van der Waals surface area contributed by atoms with E-state index in [-0.39, 0.29) is 30.1 Å². The van der Waals surface area contributed by atoms with Crippen LogP contribution in [0.15, 0.2) is 34.7 Å². The van der Waals surface area contributed by atoms with Crippen LogP contribution in [-0.4, -0.2) is 66.5 Å². The Bertz CT molecular complexity index is 1070. The second kappa shape index (κ2) is 9.14. The number of piperidine rings is 1. The monoisotopic (exact) mass is 483 g/mol. The highest BCUT2D eigenvalue weighted by Crippen LogP contribution is 2.41. The van der Waals surface area contributed by atoms with Gasteiger partial charge in [-0.15, -0.1) is 10.2 Å². The van der Waals surface area contributed by atoms with E-state index in [1.54, 1.807) is 9.80 Å². The lowest BCUT2D eigenvalue weighted by molar-refractivity contribution is -0.140. The second-order valence-electron chi connectivity index (χ2n) is 10.7. The Morgan fingerprint density at radius 2 is 1.89 bits per heavy atom. The van der Waals surface area contributed by atoms with Crippen molar-refractivity contribution < 1.29 is 24.0 Å². The van der Waals surface area contributed by atoms with E-state index in [0.29, 0.717) is 31.4 Å². The number of nitrogens with zero attached hydrogens (tertiary/aromatic N) is 5. The molecule has 2 aromatic rings. The highest BCUT2D eigenvalue weighted by atomic mass is 16.7. The summed E-state index contributed by atoms with van der Waals surface area (Å²) in [5.41, 5.74) is 0.534. The standard InChI is InChI=1S/C25H33N5O5/c1-25(2,3)29(24(32)33)18-10-9-17(13-18)21-26-27-22(35-21)20-12-11-19-14-28(20)23(31)30(19)34-15-16-7-5-4-6-8-16/h4-8,17-20H,9-15H2,1-3H3,(H,32,33)/t17-,18+,19?,20?/m0/s1. The quantitative estimate of drug-likeness (QED) is 0.641. The minimum Gasteiger partial charge on any atom is -0.465 e. The zero-order valence-corrected chi connectivity index (χ0v) is 20.5. The molecule has 0 spiro atoms. The Morgan fingerprint density at radius 3 is 2.60 bits per heavy atom. The molecule has 3 fully saturated rings. The molecule has 4 atom stereocenters. The fraction of sp³-hybridized carbons (Fsp3) is 0.600. The molecule has 3 heterocycles. The number of rotatable bonds is 6. The molecule has 0 radical (unpaired) electrons. The topological polar surface area (TPSA) is 112 Å². The summed E-state index contributed by atoms with van der Waals surface area (Å²) in [5, 5.41) is 19.9. The molecule has 1 aliphatic carbocycles. The summed E-state index contributed by atoms with van der Waals surface area (Å²) in [6, 6.07) is 9.28. The van der Waals surface area contributed by atoms with Crippen LogP contribution in [0.1, 0.15) is 82.2 Å². The van der Waals surface area contributed by atoms with Crippen molar-refractivity contribution in [1.29, 1.82) is 0 Å². The lowest BCUT2D eigenvalue weighted by Gasteiger charge is -2.38. The van der Waals surface area contributed by atoms with E-state index < -0.39 is 11.6 Å². The maximum atomic E-state index is 13.1. The average molecular weight is 484 g/mol. The van der Waals surface area contributed by atoms with Crippen LogP contribution in [0.25, 0.3) is 0 Å². The van der Waals surface area contributed by atoms with Crippen LogP contribution in [0, 0.1) is 0 Å². The minimum atomic E-state index is -0.905. The average Bonchev–Trinajstić information content (AvgIpc) is 3.53. The summed E-state index contributed by atoms with van der Waals surface area (Å²) in [6.07, 6.45) is 2.83. The van der Waals surface area contributed by atoms with Crippen molar-refractivity contribution in [2.24, 2.45) is 0 Å².